The molecule has 2 aliphatic rings. The Hall–Kier alpha value is -3.93. The highest BCUT2D eigenvalue weighted by Gasteiger charge is 2.33. The van der Waals surface area contributed by atoms with Crippen molar-refractivity contribution in [2.75, 3.05) is 38.6 Å². The van der Waals surface area contributed by atoms with Crippen LogP contribution in [0.25, 0.3) is 28.3 Å². The summed E-state index contributed by atoms with van der Waals surface area (Å²) < 4.78 is 4.30. The van der Waals surface area contributed by atoms with Gasteiger partial charge in [0.2, 0.25) is 0 Å². The number of hydrogen-bond donors (Lipinski definition) is 1. The molecule has 0 bridgehead atoms. The van der Waals surface area contributed by atoms with E-state index in [1.807, 2.05) is 50.8 Å². The van der Waals surface area contributed by atoms with Gasteiger partial charge in [-0.2, -0.15) is 5.26 Å². The number of fused-ring (bicyclic) bond motifs is 5. The van der Waals surface area contributed by atoms with Crippen LogP contribution in [0.2, 0.25) is 0 Å². The van der Waals surface area contributed by atoms with Crippen molar-refractivity contribution in [3.05, 3.63) is 72.3 Å². The highest BCUT2D eigenvalue weighted by molar-refractivity contribution is 5.72. The number of β-amino-alcohol motifs (C(OH)–C–C–N with tert-alkyl or cyclic N) is 1. The minimum absolute atomic E-state index is 0.205. The van der Waals surface area contributed by atoms with E-state index in [-0.39, 0.29) is 12.0 Å². The zero-order valence-corrected chi connectivity index (χ0v) is 19.8. The molecule has 3 aromatic heterocycles. The van der Waals surface area contributed by atoms with Crippen molar-refractivity contribution in [3.63, 3.8) is 0 Å². The monoisotopic (exact) mass is 465 g/mol. The highest BCUT2D eigenvalue weighted by atomic mass is 16.3. The van der Waals surface area contributed by atoms with Crippen LogP contribution in [0.5, 0.6) is 0 Å². The summed E-state index contributed by atoms with van der Waals surface area (Å²) in [5, 5.41) is 19.7. The first kappa shape index (κ1) is 21.6. The van der Waals surface area contributed by atoms with E-state index in [9.17, 15) is 5.11 Å². The molecule has 2 aliphatic heterocycles. The number of rotatable bonds is 4. The maximum absolute atomic E-state index is 10.6. The van der Waals surface area contributed by atoms with Crippen molar-refractivity contribution >= 4 is 5.82 Å². The van der Waals surface area contributed by atoms with Gasteiger partial charge in [0, 0.05) is 49.7 Å². The quantitative estimate of drug-likeness (QED) is 0.439. The van der Waals surface area contributed by atoms with Gasteiger partial charge in [-0.05, 0) is 50.0 Å². The molecule has 0 aliphatic carbocycles. The van der Waals surface area contributed by atoms with Crippen LogP contribution in [-0.2, 0) is 6.54 Å². The van der Waals surface area contributed by atoms with Crippen LogP contribution >= 0.6 is 0 Å². The van der Waals surface area contributed by atoms with Gasteiger partial charge in [0.1, 0.15) is 5.82 Å². The van der Waals surface area contributed by atoms with Crippen LogP contribution in [0.15, 0.2) is 61.1 Å². The second kappa shape index (κ2) is 8.38. The number of aromatic nitrogens is 4. The highest BCUT2D eigenvalue weighted by Crippen LogP contribution is 2.34. The predicted molar refractivity (Wildman–Crippen MR) is 134 cm³/mol. The number of nitrogens with zero attached hydrogens (tertiary/aromatic N) is 7. The molecule has 0 radical (unpaired) electrons. The smallest absolute Gasteiger partial charge is 0.161 e. The van der Waals surface area contributed by atoms with Gasteiger partial charge in [0.15, 0.2) is 5.82 Å². The molecule has 2 atom stereocenters. The molecular weight excluding hydrogens is 438 g/mol. The molecule has 6 rings (SSSR count). The van der Waals surface area contributed by atoms with Gasteiger partial charge in [0.25, 0.3) is 0 Å². The molecule has 176 valence electrons. The summed E-state index contributed by atoms with van der Waals surface area (Å²) in [6.45, 7) is 2.86. The van der Waals surface area contributed by atoms with E-state index in [1.54, 1.807) is 0 Å². The summed E-state index contributed by atoms with van der Waals surface area (Å²) in [6.07, 6.45) is 5.57. The lowest BCUT2D eigenvalue weighted by Crippen LogP contribution is -2.29. The molecule has 0 amide bonds. The average Bonchev–Trinajstić information content (AvgIpc) is 3.56. The lowest BCUT2D eigenvalue weighted by atomic mass is 10.1. The number of nitriles is 1. The fourth-order valence-electron chi connectivity index (χ4n) is 5.26. The molecule has 4 aromatic rings. The van der Waals surface area contributed by atoms with E-state index >= 15 is 0 Å². The standard InChI is InChI=1S/C27H27N7O/c1-31(2)13-21-15-33(17-25(21)35)26-8-7-23-22(30-26)16-32-14-20(19-5-3-18(12-28)4-6-19)11-24(32)27-29-9-10-34(23)27/h3-11,14,21,25,35H,13,15-17H2,1-2H3/t21-,25+/m0/s1. The van der Waals surface area contributed by atoms with Crippen molar-refractivity contribution in [3.8, 4) is 34.4 Å². The predicted octanol–water partition coefficient (Wildman–Crippen LogP) is 2.99. The Morgan fingerprint density at radius 2 is 1.94 bits per heavy atom. The van der Waals surface area contributed by atoms with Crippen LogP contribution in [0.1, 0.15) is 11.3 Å². The maximum atomic E-state index is 10.6. The Kier molecular flexibility index (Phi) is 5.17. The minimum atomic E-state index is -0.357. The lowest BCUT2D eigenvalue weighted by molar-refractivity contribution is 0.130. The molecule has 1 aromatic carbocycles. The topological polar surface area (TPSA) is 86.1 Å². The molecule has 8 nitrogen and oxygen atoms in total. The zero-order chi connectivity index (χ0) is 24.1. The van der Waals surface area contributed by atoms with E-state index in [4.69, 9.17) is 10.2 Å². The summed E-state index contributed by atoms with van der Waals surface area (Å²) in [5.74, 6) is 1.98. The maximum Gasteiger partial charge on any atom is 0.161 e. The minimum Gasteiger partial charge on any atom is -0.391 e. The van der Waals surface area contributed by atoms with Gasteiger partial charge in [-0.3, -0.25) is 4.57 Å². The van der Waals surface area contributed by atoms with Crippen molar-refractivity contribution in [1.29, 1.82) is 5.26 Å². The Bertz CT molecular complexity index is 1430. The number of anilines is 1. The number of aliphatic hydroxyl groups excluding tert-OH is 1. The van der Waals surface area contributed by atoms with E-state index in [0.717, 1.165) is 52.9 Å². The molecule has 1 fully saturated rings. The zero-order valence-electron chi connectivity index (χ0n) is 19.8. The molecule has 0 saturated carbocycles. The third kappa shape index (κ3) is 3.79. The van der Waals surface area contributed by atoms with E-state index in [2.05, 4.69) is 54.4 Å². The van der Waals surface area contributed by atoms with Gasteiger partial charge in [-0.25, -0.2) is 9.97 Å². The Morgan fingerprint density at radius 3 is 2.71 bits per heavy atom. The fraction of sp³-hybridized carbons (Fsp3) is 0.296. The van der Waals surface area contributed by atoms with Gasteiger partial charge in [-0.15, -0.1) is 0 Å². The van der Waals surface area contributed by atoms with Crippen LogP contribution in [-0.4, -0.2) is 68.9 Å². The molecule has 8 heteroatoms. The first-order valence-corrected chi connectivity index (χ1v) is 11.8. The normalized spacial score (nSPS) is 18.7. The first-order valence-electron chi connectivity index (χ1n) is 11.8. The summed E-state index contributed by atoms with van der Waals surface area (Å²) in [5.41, 5.74) is 5.80. The van der Waals surface area contributed by atoms with Crippen LogP contribution in [0, 0.1) is 17.2 Å². The van der Waals surface area contributed by atoms with Gasteiger partial charge in [-0.1, -0.05) is 12.1 Å². The molecule has 5 heterocycles. The van der Waals surface area contributed by atoms with Gasteiger partial charge in [0.05, 0.1) is 41.4 Å². The van der Waals surface area contributed by atoms with Crippen molar-refractivity contribution < 1.29 is 5.11 Å². The van der Waals surface area contributed by atoms with E-state index in [1.165, 1.54) is 0 Å². The molecule has 1 saturated heterocycles. The largest absolute Gasteiger partial charge is 0.391 e. The SMILES string of the molecule is CN(C)C[C@H]1CN(c2ccc3c(n2)Cn2cc(-c4ccc(C#N)cc4)cc2-c2nccn2-3)C[C@H]1O. The fourth-order valence-corrected chi connectivity index (χ4v) is 5.26. The average molecular weight is 466 g/mol. The molecular formula is C27H27N7O. The van der Waals surface area contributed by atoms with Crippen molar-refractivity contribution in [1.82, 2.24) is 24.0 Å². The third-order valence-corrected chi connectivity index (χ3v) is 6.96. The van der Waals surface area contributed by atoms with Crippen molar-refractivity contribution in [2.45, 2.75) is 12.6 Å². The summed E-state index contributed by atoms with van der Waals surface area (Å²) >= 11 is 0. The van der Waals surface area contributed by atoms with Crippen LogP contribution in [0.4, 0.5) is 5.82 Å². The molecule has 35 heavy (non-hydrogen) atoms. The number of hydrogen-bond acceptors (Lipinski definition) is 6. The summed E-state index contributed by atoms with van der Waals surface area (Å²) in [7, 11) is 4.08. The van der Waals surface area contributed by atoms with Crippen molar-refractivity contribution in [2.24, 2.45) is 5.92 Å². The molecule has 0 unspecified atom stereocenters. The van der Waals surface area contributed by atoms with Gasteiger partial charge >= 0.3 is 0 Å². The third-order valence-electron chi connectivity index (χ3n) is 6.96. The Morgan fingerprint density at radius 1 is 1.11 bits per heavy atom. The van der Waals surface area contributed by atoms with E-state index < -0.39 is 0 Å². The first-order chi connectivity index (χ1) is 17.0. The Balaban J connectivity index is 1.36. The number of benzene rings is 1. The Labute approximate surface area is 204 Å². The number of pyridine rings is 1. The van der Waals surface area contributed by atoms with Crippen LogP contribution < -0.4 is 4.90 Å². The summed E-state index contributed by atoms with van der Waals surface area (Å²) in [4.78, 5) is 14.1. The number of imidazole rings is 1. The second-order valence-electron chi connectivity index (χ2n) is 9.68. The summed E-state index contributed by atoms with van der Waals surface area (Å²) in [6, 6.07) is 16.1. The second-order valence-corrected chi connectivity index (χ2v) is 9.68. The van der Waals surface area contributed by atoms with E-state index in [0.29, 0.717) is 18.7 Å². The lowest BCUT2D eigenvalue weighted by Gasteiger charge is -2.20. The number of aliphatic hydroxyl groups is 1. The molecule has 0 spiro atoms. The molecule has 1 N–H and O–H groups in total. The van der Waals surface area contributed by atoms with Gasteiger partial charge < -0.3 is 19.5 Å². The van der Waals surface area contributed by atoms with Crippen LogP contribution in [0.3, 0.4) is 0 Å².